The fourth-order valence-corrected chi connectivity index (χ4v) is 3.56. The van der Waals surface area contributed by atoms with Gasteiger partial charge in [0.1, 0.15) is 0 Å². The molecule has 2 fully saturated rings. The third kappa shape index (κ3) is 2.77. The lowest BCUT2D eigenvalue weighted by molar-refractivity contribution is -0.155. The quantitative estimate of drug-likeness (QED) is 0.835. The van der Waals surface area contributed by atoms with Gasteiger partial charge in [-0.2, -0.15) is 0 Å². The monoisotopic (exact) mass is 273 g/mol. The van der Waals surface area contributed by atoms with Crippen molar-refractivity contribution in [2.45, 2.75) is 64.2 Å². The fraction of sp³-hybridized carbons (Fsp3) is 0.667. The summed E-state index contributed by atoms with van der Waals surface area (Å²) in [5.41, 5.74) is 2.70. The molecule has 1 saturated heterocycles. The van der Waals surface area contributed by atoms with Gasteiger partial charge in [0.25, 0.3) is 0 Å². The number of aryl methyl sites for hydroxylation is 1. The zero-order chi connectivity index (χ0) is 14.2. The first kappa shape index (κ1) is 14.1. The van der Waals surface area contributed by atoms with E-state index in [9.17, 15) is 0 Å². The summed E-state index contributed by atoms with van der Waals surface area (Å²) in [6.45, 7) is 7.76. The van der Waals surface area contributed by atoms with Crippen LogP contribution in [0.5, 0.6) is 0 Å². The molecule has 1 aromatic carbocycles. The lowest BCUT2D eigenvalue weighted by Gasteiger charge is -2.48. The van der Waals surface area contributed by atoms with Crippen molar-refractivity contribution in [1.29, 1.82) is 0 Å². The van der Waals surface area contributed by atoms with Crippen molar-refractivity contribution in [1.82, 2.24) is 5.32 Å². The molecule has 0 bridgehead atoms. The Bertz CT molecular complexity index is 439. The topological polar surface area (TPSA) is 21.3 Å². The van der Waals surface area contributed by atoms with Gasteiger partial charge in [0.2, 0.25) is 0 Å². The van der Waals surface area contributed by atoms with E-state index in [-0.39, 0.29) is 11.7 Å². The molecule has 2 unspecified atom stereocenters. The standard InChI is InChI=1S/C18H27NO/c1-13-4-6-16(7-5-13)17-15(3)19-12-18(20-17)10-8-14(2)9-11-18/h4-7,14-15,17,19H,8-12H2,1-3H3. The highest BCUT2D eigenvalue weighted by molar-refractivity contribution is 5.25. The minimum absolute atomic E-state index is 0.0779. The van der Waals surface area contributed by atoms with E-state index in [0.29, 0.717) is 6.04 Å². The molecule has 1 aliphatic heterocycles. The SMILES string of the molecule is Cc1ccc(C2OC3(CCC(C)CC3)CNC2C)cc1. The molecule has 3 rings (SSSR count). The summed E-state index contributed by atoms with van der Waals surface area (Å²) in [5, 5.41) is 3.70. The van der Waals surface area contributed by atoms with Crippen LogP contribution in [0.25, 0.3) is 0 Å². The van der Waals surface area contributed by atoms with Crippen molar-refractivity contribution in [3.05, 3.63) is 35.4 Å². The molecule has 2 aliphatic rings. The molecule has 1 saturated carbocycles. The number of hydrogen-bond acceptors (Lipinski definition) is 2. The summed E-state index contributed by atoms with van der Waals surface area (Å²) in [6.07, 6.45) is 5.21. The number of hydrogen-bond donors (Lipinski definition) is 1. The van der Waals surface area contributed by atoms with Crippen molar-refractivity contribution in [2.24, 2.45) is 5.92 Å². The van der Waals surface area contributed by atoms with Gasteiger partial charge >= 0.3 is 0 Å². The van der Waals surface area contributed by atoms with E-state index in [4.69, 9.17) is 4.74 Å². The Labute approximate surface area is 122 Å². The predicted octanol–water partition coefficient (Wildman–Crippen LogP) is 3.99. The number of morpholine rings is 1. The van der Waals surface area contributed by atoms with Crippen LogP contribution < -0.4 is 5.32 Å². The summed E-state index contributed by atoms with van der Waals surface area (Å²) in [7, 11) is 0. The molecule has 1 aromatic rings. The summed E-state index contributed by atoms with van der Waals surface area (Å²) in [4.78, 5) is 0. The Kier molecular flexibility index (Phi) is 3.87. The highest BCUT2D eigenvalue weighted by Crippen LogP contribution is 2.41. The van der Waals surface area contributed by atoms with Gasteiger partial charge in [-0.05, 0) is 51.0 Å². The molecule has 2 heteroatoms. The summed E-state index contributed by atoms with van der Waals surface area (Å²) in [5.74, 6) is 0.862. The molecule has 1 aliphatic carbocycles. The van der Waals surface area contributed by atoms with Crippen molar-refractivity contribution in [3.8, 4) is 0 Å². The predicted molar refractivity (Wildman–Crippen MR) is 82.8 cm³/mol. The first-order chi connectivity index (χ1) is 9.58. The number of ether oxygens (including phenoxy) is 1. The first-order valence-corrected chi connectivity index (χ1v) is 8.06. The summed E-state index contributed by atoms with van der Waals surface area (Å²) in [6, 6.07) is 9.22. The third-order valence-electron chi connectivity index (χ3n) is 5.17. The second-order valence-corrected chi connectivity index (χ2v) is 6.98. The maximum absolute atomic E-state index is 6.64. The second-order valence-electron chi connectivity index (χ2n) is 6.98. The van der Waals surface area contributed by atoms with Gasteiger partial charge in [-0.1, -0.05) is 36.8 Å². The maximum Gasteiger partial charge on any atom is 0.0983 e. The molecule has 0 amide bonds. The molecule has 1 heterocycles. The molecule has 0 radical (unpaired) electrons. The Balaban J connectivity index is 1.78. The van der Waals surface area contributed by atoms with Crippen LogP contribution in [0, 0.1) is 12.8 Å². The Morgan fingerprint density at radius 2 is 1.75 bits per heavy atom. The van der Waals surface area contributed by atoms with Crippen LogP contribution in [0.1, 0.15) is 56.8 Å². The van der Waals surface area contributed by atoms with Crippen molar-refractivity contribution >= 4 is 0 Å². The Hall–Kier alpha value is -0.860. The fourth-order valence-electron chi connectivity index (χ4n) is 3.56. The van der Waals surface area contributed by atoms with Gasteiger partial charge < -0.3 is 10.1 Å². The summed E-state index contributed by atoms with van der Waals surface area (Å²) >= 11 is 0. The molecular weight excluding hydrogens is 246 g/mol. The molecular formula is C18H27NO. The van der Waals surface area contributed by atoms with Gasteiger partial charge in [-0.3, -0.25) is 0 Å². The van der Waals surface area contributed by atoms with Crippen LogP contribution >= 0.6 is 0 Å². The van der Waals surface area contributed by atoms with Gasteiger partial charge in [0, 0.05) is 12.6 Å². The summed E-state index contributed by atoms with van der Waals surface area (Å²) < 4.78 is 6.64. The van der Waals surface area contributed by atoms with Crippen LogP contribution in [0.15, 0.2) is 24.3 Å². The number of nitrogens with one attached hydrogen (secondary N) is 1. The minimum atomic E-state index is 0.0779. The normalized spacial score (nSPS) is 38.0. The largest absolute Gasteiger partial charge is 0.364 e. The molecule has 0 aromatic heterocycles. The number of benzene rings is 1. The minimum Gasteiger partial charge on any atom is -0.364 e. The van der Waals surface area contributed by atoms with Crippen molar-refractivity contribution in [2.75, 3.05) is 6.54 Å². The molecule has 20 heavy (non-hydrogen) atoms. The Morgan fingerprint density at radius 1 is 1.10 bits per heavy atom. The second kappa shape index (κ2) is 5.50. The van der Waals surface area contributed by atoms with Crippen LogP contribution in [0.3, 0.4) is 0 Å². The van der Waals surface area contributed by atoms with Crippen LogP contribution in [0.4, 0.5) is 0 Å². The lowest BCUT2D eigenvalue weighted by Crippen LogP contribution is -2.56. The molecule has 1 N–H and O–H groups in total. The van der Waals surface area contributed by atoms with E-state index in [1.165, 1.54) is 36.8 Å². The zero-order valence-corrected chi connectivity index (χ0v) is 13.0. The van der Waals surface area contributed by atoms with Crippen LogP contribution in [-0.2, 0) is 4.74 Å². The van der Waals surface area contributed by atoms with Gasteiger partial charge in [-0.25, -0.2) is 0 Å². The molecule has 2 nitrogen and oxygen atoms in total. The lowest BCUT2D eigenvalue weighted by atomic mass is 9.78. The van der Waals surface area contributed by atoms with E-state index in [2.05, 4.69) is 50.4 Å². The molecule has 110 valence electrons. The van der Waals surface area contributed by atoms with E-state index >= 15 is 0 Å². The smallest absolute Gasteiger partial charge is 0.0983 e. The van der Waals surface area contributed by atoms with Gasteiger partial charge in [0.15, 0.2) is 0 Å². The third-order valence-corrected chi connectivity index (χ3v) is 5.17. The van der Waals surface area contributed by atoms with Gasteiger partial charge in [-0.15, -0.1) is 0 Å². The van der Waals surface area contributed by atoms with Crippen LogP contribution in [-0.4, -0.2) is 18.2 Å². The van der Waals surface area contributed by atoms with E-state index < -0.39 is 0 Å². The molecule has 1 spiro atoms. The zero-order valence-electron chi connectivity index (χ0n) is 13.0. The average molecular weight is 273 g/mol. The molecule has 2 atom stereocenters. The maximum atomic E-state index is 6.64. The van der Waals surface area contributed by atoms with E-state index in [1.807, 2.05) is 0 Å². The van der Waals surface area contributed by atoms with E-state index in [0.717, 1.165) is 12.5 Å². The van der Waals surface area contributed by atoms with E-state index in [1.54, 1.807) is 0 Å². The van der Waals surface area contributed by atoms with Crippen molar-refractivity contribution < 1.29 is 4.74 Å². The average Bonchev–Trinajstić information content (AvgIpc) is 2.46. The highest BCUT2D eigenvalue weighted by atomic mass is 16.5. The first-order valence-electron chi connectivity index (χ1n) is 8.06. The highest BCUT2D eigenvalue weighted by Gasteiger charge is 2.42. The van der Waals surface area contributed by atoms with Crippen molar-refractivity contribution in [3.63, 3.8) is 0 Å². The Morgan fingerprint density at radius 3 is 2.40 bits per heavy atom. The van der Waals surface area contributed by atoms with Crippen LogP contribution in [0.2, 0.25) is 0 Å². The number of rotatable bonds is 1. The van der Waals surface area contributed by atoms with Gasteiger partial charge in [0.05, 0.1) is 11.7 Å².